The molecule has 6 unspecified atom stereocenters. The van der Waals surface area contributed by atoms with Gasteiger partial charge in [-0.1, -0.05) is 95.9 Å². The zero-order valence-corrected chi connectivity index (χ0v) is 36.2. The lowest BCUT2D eigenvalue weighted by atomic mass is 9.69. The second-order valence-electron chi connectivity index (χ2n) is 20.0. The van der Waals surface area contributed by atoms with Crippen molar-refractivity contribution in [2.24, 2.45) is 46.3 Å². The van der Waals surface area contributed by atoms with Gasteiger partial charge in [0.15, 0.2) is 0 Å². The standard InChI is InChI=1S/C52H66O7/c1-7-39-30-52(39,32(2)53)31-48(56)45-28-43(29-46(45)50(57)47(51(3,4)5)27-41(55)22-34-14-10-11-15-34)59-49-26-37(24-38-25-42(58-6)18-19-44(38)49)36-17-16-35(20-36)23-40(54)21-33-12-8-9-13-33/h7,17-20,24-26,33-34,39,43,45-47H,1,8-16,21-23,27-31H2,2-6H3. The Morgan fingerprint density at radius 1 is 0.898 bits per heavy atom. The molecule has 316 valence electrons. The fourth-order valence-electron chi connectivity index (χ4n) is 11.2. The number of Topliss-reactive ketones (excluding diaryl/α,β-unsaturated/α-hetero) is 5. The van der Waals surface area contributed by atoms with Gasteiger partial charge in [-0.25, -0.2) is 0 Å². The molecule has 2 aromatic rings. The molecule has 2 aromatic carbocycles. The molecule has 4 saturated carbocycles. The van der Waals surface area contributed by atoms with Gasteiger partial charge in [0.05, 0.1) is 7.11 Å². The first-order valence-corrected chi connectivity index (χ1v) is 22.6. The van der Waals surface area contributed by atoms with Crippen LogP contribution in [0.1, 0.15) is 142 Å². The zero-order chi connectivity index (χ0) is 42.1. The molecule has 0 aromatic heterocycles. The fourth-order valence-corrected chi connectivity index (χ4v) is 11.2. The lowest BCUT2D eigenvalue weighted by Gasteiger charge is -2.33. The monoisotopic (exact) mass is 802 g/mol. The second-order valence-corrected chi connectivity index (χ2v) is 20.0. The molecule has 0 spiro atoms. The first kappa shape index (κ1) is 43.0. The molecule has 0 saturated heterocycles. The van der Waals surface area contributed by atoms with Crippen molar-refractivity contribution in [3.8, 4) is 11.5 Å². The van der Waals surface area contributed by atoms with Crippen LogP contribution in [0.3, 0.4) is 0 Å². The van der Waals surface area contributed by atoms with Crippen LogP contribution < -0.4 is 9.47 Å². The highest BCUT2D eigenvalue weighted by Gasteiger charge is 2.59. The Bertz CT molecular complexity index is 2030. The van der Waals surface area contributed by atoms with Gasteiger partial charge in [-0.3, -0.25) is 24.0 Å². The number of carbonyl (C=O) groups excluding carboxylic acids is 5. The van der Waals surface area contributed by atoms with Gasteiger partial charge < -0.3 is 9.47 Å². The minimum atomic E-state index is -0.752. The molecular weight excluding hydrogens is 737 g/mol. The van der Waals surface area contributed by atoms with E-state index >= 15 is 0 Å². The van der Waals surface area contributed by atoms with Crippen molar-refractivity contribution in [3.63, 3.8) is 0 Å². The minimum absolute atomic E-state index is 0.00943. The highest BCUT2D eigenvalue weighted by atomic mass is 16.5. The van der Waals surface area contributed by atoms with Crippen LogP contribution in [0.5, 0.6) is 11.5 Å². The van der Waals surface area contributed by atoms with Gasteiger partial charge in [0, 0.05) is 60.7 Å². The molecule has 0 heterocycles. The van der Waals surface area contributed by atoms with E-state index in [2.05, 4.69) is 30.9 Å². The first-order chi connectivity index (χ1) is 28.2. The molecule has 0 amide bonds. The summed E-state index contributed by atoms with van der Waals surface area (Å²) in [5.41, 5.74) is 1.91. The average molecular weight is 803 g/mol. The van der Waals surface area contributed by atoms with Crippen LogP contribution in [0.2, 0.25) is 0 Å². The Morgan fingerprint density at radius 2 is 1.56 bits per heavy atom. The third-order valence-electron chi connectivity index (χ3n) is 14.8. The van der Waals surface area contributed by atoms with E-state index in [1.165, 1.54) is 12.8 Å². The summed E-state index contributed by atoms with van der Waals surface area (Å²) in [7, 11) is 1.65. The van der Waals surface area contributed by atoms with Gasteiger partial charge in [0.1, 0.15) is 46.5 Å². The van der Waals surface area contributed by atoms with E-state index in [0.717, 1.165) is 78.2 Å². The molecule has 7 heteroatoms. The Hall–Kier alpha value is -4.13. The Labute approximate surface area is 351 Å². The number of fused-ring (bicyclic) bond motifs is 1. The second kappa shape index (κ2) is 17.8. The molecule has 0 aliphatic heterocycles. The normalized spacial score (nSPS) is 26.4. The molecule has 7 rings (SSSR count). The molecule has 7 nitrogen and oxygen atoms in total. The van der Waals surface area contributed by atoms with Crippen molar-refractivity contribution < 1.29 is 33.4 Å². The maximum atomic E-state index is 14.9. The number of ether oxygens (including phenoxy) is 2. The summed E-state index contributed by atoms with van der Waals surface area (Å²) < 4.78 is 12.6. The van der Waals surface area contributed by atoms with Crippen LogP contribution in [0, 0.1) is 46.3 Å². The van der Waals surface area contributed by atoms with Gasteiger partial charge in [-0.05, 0) is 103 Å². The molecule has 0 N–H and O–H groups in total. The lowest BCUT2D eigenvalue weighted by Crippen LogP contribution is -2.38. The van der Waals surface area contributed by atoms with E-state index in [0.29, 0.717) is 61.9 Å². The summed E-state index contributed by atoms with van der Waals surface area (Å²) >= 11 is 0. The fraction of sp³-hybridized carbons (Fsp3) is 0.596. The quantitative estimate of drug-likeness (QED) is 0.130. The molecule has 59 heavy (non-hydrogen) atoms. The van der Waals surface area contributed by atoms with Crippen LogP contribution in [0.25, 0.3) is 16.3 Å². The van der Waals surface area contributed by atoms with Crippen molar-refractivity contribution in [1.29, 1.82) is 0 Å². The van der Waals surface area contributed by atoms with Crippen molar-refractivity contribution >= 4 is 45.3 Å². The van der Waals surface area contributed by atoms with Gasteiger partial charge in [0.25, 0.3) is 0 Å². The number of methoxy groups -OCH3 is 1. The van der Waals surface area contributed by atoms with Gasteiger partial charge in [-0.2, -0.15) is 0 Å². The van der Waals surface area contributed by atoms with Gasteiger partial charge >= 0.3 is 0 Å². The molecule has 4 fully saturated rings. The van der Waals surface area contributed by atoms with E-state index in [9.17, 15) is 24.0 Å². The van der Waals surface area contributed by atoms with Crippen LogP contribution in [-0.4, -0.2) is 42.1 Å². The summed E-state index contributed by atoms with van der Waals surface area (Å²) in [4.78, 5) is 69.0. The highest BCUT2D eigenvalue weighted by molar-refractivity contribution is 5.98. The Kier molecular flexibility index (Phi) is 13.0. The summed E-state index contributed by atoms with van der Waals surface area (Å²) in [5.74, 6) is 0.837. The van der Waals surface area contributed by atoms with Gasteiger partial charge in [-0.15, -0.1) is 6.58 Å². The third kappa shape index (κ3) is 9.76. The number of benzene rings is 2. The predicted octanol–water partition coefficient (Wildman–Crippen LogP) is 11.4. The average Bonchev–Trinajstić information content (AvgIpc) is 3.83. The van der Waals surface area contributed by atoms with Crippen molar-refractivity contribution in [2.45, 2.75) is 143 Å². The zero-order valence-electron chi connectivity index (χ0n) is 36.2. The number of allylic oxidation sites excluding steroid dienone is 5. The van der Waals surface area contributed by atoms with E-state index < -0.39 is 34.7 Å². The summed E-state index contributed by atoms with van der Waals surface area (Å²) in [6.45, 7) is 11.6. The number of hydrogen-bond acceptors (Lipinski definition) is 7. The van der Waals surface area contributed by atoms with Crippen molar-refractivity contribution in [2.75, 3.05) is 7.11 Å². The Balaban J connectivity index is 1.16. The van der Waals surface area contributed by atoms with Crippen molar-refractivity contribution in [3.05, 3.63) is 66.3 Å². The van der Waals surface area contributed by atoms with Gasteiger partial charge in [0.2, 0.25) is 0 Å². The smallest absolute Gasteiger partial charge is 0.140 e. The largest absolute Gasteiger partial charge is 0.497 e. The third-order valence-corrected chi connectivity index (χ3v) is 14.8. The molecule has 0 bridgehead atoms. The number of rotatable bonds is 19. The summed E-state index contributed by atoms with van der Waals surface area (Å²) in [6, 6.07) is 10.1. The molecule has 5 aliphatic rings. The van der Waals surface area contributed by atoms with Crippen LogP contribution >= 0.6 is 0 Å². The maximum absolute atomic E-state index is 14.9. The molecule has 5 aliphatic carbocycles. The summed E-state index contributed by atoms with van der Waals surface area (Å²) in [5, 5.41) is 1.84. The maximum Gasteiger partial charge on any atom is 0.140 e. The Morgan fingerprint density at radius 3 is 2.17 bits per heavy atom. The number of carbonyl (C=O) groups is 5. The van der Waals surface area contributed by atoms with Crippen LogP contribution in [0.4, 0.5) is 0 Å². The number of ketones is 5. The minimum Gasteiger partial charge on any atom is -0.497 e. The van der Waals surface area contributed by atoms with Crippen LogP contribution in [-0.2, 0) is 24.0 Å². The molecular formula is C52H66O7. The highest BCUT2D eigenvalue weighted by Crippen LogP contribution is 2.58. The predicted molar refractivity (Wildman–Crippen MR) is 233 cm³/mol. The summed E-state index contributed by atoms with van der Waals surface area (Å²) in [6.07, 6.45) is 18.9. The van der Waals surface area contributed by atoms with E-state index in [1.54, 1.807) is 20.1 Å². The molecule has 6 atom stereocenters. The van der Waals surface area contributed by atoms with Crippen molar-refractivity contribution in [1.82, 2.24) is 0 Å². The molecule has 0 radical (unpaired) electrons. The number of hydrogen-bond donors (Lipinski definition) is 0. The van der Waals surface area contributed by atoms with Crippen LogP contribution in [0.15, 0.2) is 60.7 Å². The van der Waals surface area contributed by atoms with E-state index in [-0.39, 0.29) is 41.9 Å². The van der Waals surface area contributed by atoms with E-state index in [4.69, 9.17) is 9.47 Å². The lowest BCUT2D eigenvalue weighted by molar-refractivity contribution is -0.139. The topological polar surface area (TPSA) is 104 Å². The SMILES string of the molecule is C=CC1CC1(CC(=O)C1CC(Oc2cc(C3=CCC(CC(=O)CC4CCCC4)=C3)cc3cc(OC)ccc23)CC1C(=O)C(CC(=O)CC1CCCC1)C(C)(C)C)C(C)=O. The van der Waals surface area contributed by atoms with E-state index in [1.807, 2.05) is 39.0 Å². The first-order valence-electron chi connectivity index (χ1n) is 22.6.